The van der Waals surface area contributed by atoms with Gasteiger partial charge in [-0.2, -0.15) is 0 Å². The molecule has 2 rings (SSSR count). The van der Waals surface area contributed by atoms with Crippen LogP contribution in [-0.2, 0) is 21.1 Å². The molecule has 0 saturated carbocycles. The van der Waals surface area contributed by atoms with Gasteiger partial charge in [0.1, 0.15) is 17.1 Å². The molecule has 0 aliphatic carbocycles. The molecule has 1 aliphatic rings. The Kier molecular flexibility index (Phi) is 5.46. The number of ether oxygens (including phenoxy) is 1. The van der Waals surface area contributed by atoms with Gasteiger partial charge in [0.2, 0.25) is 0 Å². The van der Waals surface area contributed by atoms with Gasteiger partial charge in [-0.25, -0.2) is 13.2 Å². The van der Waals surface area contributed by atoms with E-state index in [4.69, 9.17) is 9.15 Å². The number of aryl methyl sites for hydroxylation is 1. The molecule has 9 heteroatoms. The molecule has 0 atom stereocenters. The SMILES string of the molecule is CN=C(NCc1cc(C(=O)OC)c(C)o1)N1CCS(=O)(=O)C(C)(C)C1. The minimum Gasteiger partial charge on any atom is -0.465 e. The minimum atomic E-state index is -3.11. The van der Waals surface area contributed by atoms with E-state index in [0.29, 0.717) is 42.7 Å². The zero-order valence-electron chi connectivity index (χ0n) is 15.2. The highest BCUT2D eigenvalue weighted by atomic mass is 32.2. The van der Waals surface area contributed by atoms with Gasteiger partial charge in [0, 0.05) is 20.1 Å². The van der Waals surface area contributed by atoms with Crippen LogP contribution in [-0.4, -0.2) is 63.0 Å². The standard InChI is InChI=1S/C16H25N3O5S/c1-11-13(14(20)23-5)8-12(24-11)9-18-15(17-4)19-6-7-25(21,22)16(2,3)10-19/h8H,6-7,9-10H2,1-5H3,(H,17,18). The molecule has 1 aromatic rings. The third-order valence-electron chi connectivity index (χ3n) is 4.35. The largest absolute Gasteiger partial charge is 0.465 e. The normalized spacial score (nSPS) is 19.6. The van der Waals surface area contributed by atoms with Gasteiger partial charge < -0.3 is 19.4 Å². The molecule has 1 N–H and O–H groups in total. The molecular weight excluding hydrogens is 346 g/mol. The van der Waals surface area contributed by atoms with E-state index in [1.807, 2.05) is 4.90 Å². The Morgan fingerprint density at radius 3 is 2.72 bits per heavy atom. The van der Waals surface area contributed by atoms with Crippen LogP contribution in [0.25, 0.3) is 0 Å². The second-order valence-electron chi connectivity index (χ2n) is 6.58. The summed E-state index contributed by atoms with van der Waals surface area (Å²) < 4.78 is 33.7. The van der Waals surface area contributed by atoms with Crippen LogP contribution in [0.3, 0.4) is 0 Å². The van der Waals surface area contributed by atoms with Gasteiger partial charge in [-0.15, -0.1) is 0 Å². The molecule has 8 nitrogen and oxygen atoms in total. The summed E-state index contributed by atoms with van der Waals surface area (Å²) in [5, 5.41) is 3.15. The number of hydrogen-bond acceptors (Lipinski definition) is 6. The summed E-state index contributed by atoms with van der Waals surface area (Å²) in [7, 11) is -0.147. The van der Waals surface area contributed by atoms with Crippen molar-refractivity contribution < 1.29 is 22.4 Å². The zero-order valence-corrected chi connectivity index (χ0v) is 16.1. The quantitative estimate of drug-likeness (QED) is 0.480. The Balaban J connectivity index is 2.06. The van der Waals surface area contributed by atoms with Gasteiger partial charge in [0.05, 0.1) is 24.2 Å². The van der Waals surface area contributed by atoms with Crippen molar-refractivity contribution in [3.8, 4) is 0 Å². The van der Waals surface area contributed by atoms with Gasteiger partial charge in [-0.05, 0) is 26.8 Å². The molecule has 1 aliphatic heterocycles. The summed E-state index contributed by atoms with van der Waals surface area (Å²) >= 11 is 0. The number of carbonyl (C=O) groups excluding carboxylic acids is 1. The second kappa shape index (κ2) is 7.07. The first-order chi connectivity index (χ1) is 11.6. The van der Waals surface area contributed by atoms with E-state index in [9.17, 15) is 13.2 Å². The molecular formula is C16H25N3O5S. The number of aliphatic imine (C=N–C) groups is 1. The number of nitrogens with zero attached hydrogens (tertiary/aromatic N) is 2. The summed E-state index contributed by atoms with van der Waals surface area (Å²) in [5.74, 6) is 1.30. The van der Waals surface area contributed by atoms with E-state index >= 15 is 0 Å². The van der Waals surface area contributed by atoms with Crippen molar-refractivity contribution in [1.82, 2.24) is 10.2 Å². The molecule has 0 spiro atoms. The van der Waals surface area contributed by atoms with Crippen LogP contribution in [0.2, 0.25) is 0 Å². The third-order valence-corrected chi connectivity index (χ3v) is 6.88. The number of sulfone groups is 1. The number of rotatable bonds is 3. The highest BCUT2D eigenvalue weighted by molar-refractivity contribution is 7.92. The van der Waals surface area contributed by atoms with Crippen molar-refractivity contribution in [2.45, 2.75) is 32.1 Å². The summed E-state index contributed by atoms with van der Waals surface area (Å²) in [6.07, 6.45) is 0. The summed E-state index contributed by atoms with van der Waals surface area (Å²) in [4.78, 5) is 17.8. The Morgan fingerprint density at radius 1 is 1.48 bits per heavy atom. The predicted octanol–water partition coefficient (Wildman–Crippen LogP) is 0.959. The first-order valence-corrected chi connectivity index (χ1v) is 9.62. The maximum atomic E-state index is 12.1. The smallest absolute Gasteiger partial charge is 0.341 e. The van der Waals surface area contributed by atoms with Gasteiger partial charge in [0.25, 0.3) is 0 Å². The van der Waals surface area contributed by atoms with Crippen LogP contribution in [0.1, 0.15) is 35.7 Å². The fourth-order valence-electron chi connectivity index (χ4n) is 2.77. The Bertz CT molecular complexity index is 780. The van der Waals surface area contributed by atoms with Crippen molar-refractivity contribution >= 4 is 21.8 Å². The summed E-state index contributed by atoms with van der Waals surface area (Å²) in [5.41, 5.74) is 0.388. The maximum Gasteiger partial charge on any atom is 0.341 e. The first-order valence-electron chi connectivity index (χ1n) is 7.97. The molecule has 140 valence electrons. The molecule has 2 heterocycles. The van der Waals surface area contributed by atoms with Crippen LogP contribution in [0.15, 0.2) is 15.5 Å². The van der Waals surface area contributed by atoms with Crippen LogP contribution < -0.4 is 5.32 Å². The molecule has 1 aromatic heterocycles. The lowest BCUT2D eigenvalue weighted by Gasteiger charge is -2.39. The van der Waals surface area contributed by atoms with Gasteiger partial charge in [0.15, 0.2) is 15.8 Å². The number of esters is 1. The highest BCUT2D eigenvalue weighted by Crippen LogP contribution is 2.24. The number of guanidine groups is 1. The van der Waals surface area contributed by atoms with Crippen molar-refractivity contribution in [2.24, 2.45) is 4.99 Å². The molecule has 0 radical (unpaired) electrons. The topological polar surface area (TPSA) is 101 Å². The third kappa shape index (κ3) is 3.97. The van der Waals surface area contributed by atoms with Crippen LogP contribution in [0, 0.1) is 6.92 Å². The van der Waals surface area contributed by atoms with E-state index in [-0.39, 0.29) is 5.75 Å². The zero-order chi connectivity index (χ0) is 18.8. The molecule has 1 saturated heterocycles. The number of nitrogens with one attached hydrogen (secondary N) is 1. The van der Waals surface area contributed by atoms with Crippen LogP contribution >= 0.6 is 0 Å². The minimum absolute atomic E-state index is 0.0903. The van der Waals surface area contributed by atoms with E-state index < -0.39 is 20.6 Å². The lowest BCUT2D eigenvalue weighted by molar-refractivity contribution is 0.0599. The number of methoxy groups -OCH3 is 1. The van der Waals surface area contributed by atoms with Gasteiger partial charge in [-0.1, -0.05) is 0 Å². The van der Waals surface area contributed by atoms with Gasteiger partial charge in [-0.3, -0.25) is 4.99 Å². The lowest BCUT2D eigenvalue weighted by Crippen LogP contribution is -2.57. The van der Waals surface area contributed by atoms with Crippen LogP contribution in [0.4, 0.5) is 0 Å². The molecule has 0 bridgehead atoms. The van der Waals surface area contributed by atoms with Crippen molar-refractivity contribution in [3.63, 3.8) is 0 Å². The lowest BCUT2D eigenvalue weighted by atomic mass is 10.2. The first kappa shape index (κ1) is 19.3. The average molecular weight is 371 g/mol. The number of furan rings is 1. The highest BCUT2D eigenvalue weighted by Gasteiger charge is 2.40. The number of carbonyl (C=O) groups is 1. The average Bonchev–Trinajstić information content (AvgIpc) is 2.91. The van der Waals surface area contributed by atoms with Crippen molar-refractivity contribution in [3.05, 3.63) is 23.2 Å². The molecule has 25 heavy (non-hydrogen) atoms. The molecule has 0 aromatic carbocycles. The second-order valence-corrected chi connectivity index (χ2v) is 9.32. The van der Waals surface area contributed by atoms with Crippen molar-refractivity contribution in [1.29, 1.82) is 0 Å². The van der Waals surface area contributed by atoms with E-state index in [0.717, 1.165) is 0 Å². The predicted molar refractivity (Wildman–Crippen MR) is 94.4 cm³/mol. The summed E-state index contributed by atoms with van der Waals surface area (Å²) in [6.45, 7) is 6.22. The Hall–Kier alpha value is -2.03. The fourth-order valence-corrected chi connectivity index (χ4v) is 4.13. The molecule has 0 unspecified atom stereocenters. The van der Waals surface area contributed by atoms with E-state index in [1.165, 1.54) is 7.11 Å². The van der Waals surface area contributed by atoms with Crippen molar-refractivity contribution in [2.75, 3.05) is 33.0 Å². The Morgan fingerprint density at radius 2 is 2.16 bits per heavy atom. The van der Waals surface area contributed by atoms with Gasteiger partial charge >= 0.3 is 5.97 Å². The summed E-state index contributed by atoms with van der Waals surface area (Å²) in [6, 6.07) is 1.63. The molecule has 0 amide bonds. The monoisotopic (exact) mass is 371 g/mol. The fraction of sp³-hybridized carbons (Fsp3) is 0.625. The Labute approximate surface area is 148 Å². The molecule has 1 fully saturated rings. The van der Waals surface area contributed by atoms with Crippen LogP contribution in [0.5, 0.6) is 0 Å². The number of hydrogen-bond donors (Lipinski definition) is 1. The maximum absolute atomic E-state index is 12.1. The van der Waals surface area contributed by atoms with E-state index in [2.05, 4.69) is 10.3 Å². The van der Waals surface area contributed by atoms with E-state index in [1.54, 1.807) is 33.9 Å².